The molecule has 0 radical (unpaired) electrons. The van der Waals surface area contributed by atoms with E-state index >= 15 is 0 Å². The summed E-state index contributed by atoms with van der Waals surface area (Å²) in [6, 6.07) is 15.8. The Morgan fingerprint density at radius 1 is 0.969 bits per heavy atom. The van der Waals surface area contributed by atoms with Crippen molar-refractivity contribution in [2.24, 2.45) is 5.92 Å². The third-order valence-corrected chi connectivity index (χ3v) is 6.93. The van der Waals surface area contributed by atoms with Gasteiger partial charge in [0.1, 0.15) is 5.75 Å². The van der Waals surface area contributed by atoms with Crippen molar-refractivity contribution in [3.63, 3.8) is 0 Å². The molecule has 32 heavy (non-hydrogen) atoms. The Hall–Kier alpha value is -2.86. The number of nitrogens with zero attached hydrogens (tertiary/aromatic N) is 2. The Morgan fingerprint density at radius 3 is 2.53 bits per heavy atom. The van der Waals surface area contributed by atoms with Crippen molar-refractivity contribution in [2.45, 2.75) is 31.6 Å². The number of hydrogen-bond donors (Lipinski definition) is 1. The lowest BCUT2D eigenvalue weighted by atomic mass is 9.86. The Kier molecular flexibility index (Phi) is 6.12. The summed E-state index contributed by atoms with van der Waals surface area (Å²) in [7, 11) is 0. The average Bonchev–Trinajstić information content (AvgIpc) is 3.67. The fourth-order valence-electron chi connectivity index (χ4n) is 4.82. The third kappa shape index (κ3) is 4.65. The minimum atomic E-state index is 0.0183. The Balaban J connectivity index is 1.17. The zero-order valence-corrected chi connectivity index (χ0v) is 18.5. The first-order chi connectivity index (χ1) is 15.7. The molecule has 2 heterocycles. The zero-order valence-electron chi connectivity index (χ0n) is 18.5. The summed E-state index contributed by atoms with van der Waals surface area (Å²) in [6.45, 7) is 4.37. The fourth-order valence-corrected chi connectivity index (χ4v) is 4.82. The minimum absolute atomic E-state index is 0.0183. The van der Waals surface area contributed by atoms with Crippen LogP contribution in [0, 0.1) is 5.92 Å². The summed E-state index contributed by atoms with van der Waals surface area (Å²) in [4.78, 5) is 29.4. The molecular weight excluding hydrogens is 402 g/mol. The van der Waals surface area contributed by atoms with Gasteiger partial charge in [0.05, 0.1) is 5.69 Å². The molecule has 2 aromatic rings. The minimum Gasteiger partial charge on any atom is -0.482 e. The molecule has 6 nitrogen and oxygen atoms in total. The summed E-state index contributed by atoms with van der Waals surface area (Å²) in [6.07, 6.45) is 4.53. The molecule has 3 aliphatic rings. The lowest BCUT2D eigenvalue weighted by molar-refractivity contribution is -0.121. The molecule has 5 rings (SSSR count). The maximum Gasteiger partial charge on any atom is 0.265 e. The normalized spacial score (nSPS) is 19.4. The van der Waals surface area contributed by atoms with Gasteiger partial charge in [-0.2, -0.15) is 0 Å². The second-order valence-electron chi connectivity index (χ2n) is 9.16. The van der Waals surface area contributed by atoms with E-state index in [0.717, 1.165) is 56.0 Å². The van der Waals surface area contributed by atoms with Crippen LogP contribution in [0.5, 0.6) is 5.75 Å². The van der Waals surface area contributed by atoms with Gasteiger partial charge >= 0.3 is 0 Å². The van der Waals surface area contributed by atoms with Crippen LogP contribution in [-0.2, 0) is 4.79 Å². The van der Waals surface area contributed by atoms with E-state index < -0.39 is 0 Å². The maximum atomic E-state index is 12.7. The molecule has 1 saturated heterocycles. The number of likely N-dealkylation sites (tertiary alicyclic amines) is 1. The number of nitrogens with one attached hydrogen (secondary N) is 1. The molecule has 1 aliphatic carbocycles. The highest BCUT2D eigenvalue weighted by molar-refractivity contribution is 5.97. The number of ether oxygens (including phenoxy) is 1. The summed E-state index contributed by atoms with van der Waals surface area (Å²) in [5, 5.41) is 3.12. The predicted octanol–water partition coefficient (Wildman–Crippen LogP) is 3.43. The number of carbonyl (C=O) groups is 2. The van der Waals surface area contributed by atoms with Crippen LogP contribution in [0.15, 0.2) is 48.5 Å². The van der Waals surface area contributed by atoms with Crippen LogP contribution in [0.1, 0.15) is 47.5 Å². The predicted molar refractivity (Wildman–Crippen MR) is 124 cm³/mol. The molecule has 0 bridgehead atoms. The van der Waals surface area contributed by atoms with Crippen molar-refractivity contribution in [3.05, 3.63) is 59.7 Å². The molecule has 0 aromatic heterocycles. The van der Waals surface area contributed by atoms with E-state index in [9.17, 15) is 9.59 Å². The highest BCUT2D eigenvalue weighted by Crippen LogP contribution is 2.33. The lowest BCUT2D eigenvalue weighted by Gasteiger charge is -2.35. The summed E-state index contributed by atoms with van der Waals surface area (Å²) < 4.78 is 5.55. The number of rotatable bonds is 7. The molecule has 2 aliphatic heterocycles. The first-order valence-corrected chi connectivity index (χ1v) is 11.8. The van der Waals surface area contributed by atoms with E-state index in [1.807, 2.05) is 47.4 Å². The Bertz CT molecular complexity index is 980. The van der Waals surface area contributed by atoms with Crippen LogP contribution in [-0.4, -0.2) is 56.0 Å². The molecular formula is C26H31N3O3. The van der Waals surface area contributed by atoms with Crippen molar-refractivity contribution in [3.8, 4) is 5.75 Å². The second kappa shape index (κ2) is 9.33. The number of anilines is 1. The topological polar surface area (TPSA) is 61.9 Å². The van der Waals surface area contributed by atoms with Crippen molar-refractivity contribution in [1.29, 1.82) is 0 Å². The van der Waals surface area contributed by atoms with E-state index in [-0.39, 0.29) is 18.4 Å². The van der Waals surface area contributed by atoms with E-state index in [1.165, 1.54) is 18.4 Å². The number of piperidine rings is 1. The smallest absolute Gasteiger partial charge is 0.265 e. The first kappa shape index (κ1) is 21.0. The molecule has 1 saturated carbocycles. The average molecular weight is 434 g/mol. The van der Waals surface area contributed by atoms with Crippen molar-refractivity contribution in [1.82, 2.24) is 10.2 Å². The highest BCUT2D eigenvalue weighted by Gasteiger charge is 2.28. The Labute approximate surface area is 189 Å². The molecule has 2 amide bonds. The van der Waals surface area contributed by atoms with E-state index in [1.54, 1.807) is 0 Å². The number of amides is 2. The van der Waals surface area contributed by atoms with Gasteiger partial charge in [0, 0.05) is 25.2 Å². The van der Waals surface area contributed by atoms with Gasteiger partial charge in [-0.1, -0.05) is 30.3 Å². The molecule has 0 unspecified atom stereocenters. The lowest BCUT2D eigenvalue weighted by Crippen LogP contribution is -2.45. The van der Waals surface area contributed by atoms with Crippen LogP contribution in [0.3, 0.4) is 0 Å². The molecule has 2 fully saturated rings. The second-order valence-corrected chi connectivity index (χ2v) is 9.16. The Morgan fingerprint density at radius 2 is 1.72 bits per heavy atom. The van der Waals surface area contributed by atoms with Crippen molar-refractivity contribution in [2.75, 3.05) is 44.2 Å². The van der Waals surface area contributed by atoms with Crippen LogP contribution in [0.25, 0.3) is 0 Å². The highest BCUT2D eigenvalue weighted by atomic mass is 16.5. The summed E-state index contributed by atoms with van der Waals surface area (Å²) >= 11 is 0. The SMILES string of the molecule is O=C(NCC1CC1)c1ccccc1C1CCN(CCN2C(=O)COc3ccccc32)CC1. The number of carbonyl (C=O) groups excluding carboxylic acids is 2. The van der Waals surface area contributed by atoms with Gasteiger partial charge in [0.25, 0.3) is 11.8 Å². The quantitative estimate of drug-likeness (QED) is 0.727. The monoisotopic (exact) mass is 433 g/mol. The van der Waals surface area contributed by atoms with Gasteiger partial charge < -0.3 is 19.9 Å². The van der Waals surface area contributed by atoms with Crippen LogP contribution in [0.4, 0.5) is 5.69 Å². The first-order valence-electron chi connectivity index (χ1n) is 11.8. The van der Waals surface area contributed by atoms with Gasteiger partial charge in [0.2, 0.25) is 0 Å². The number of hydrogen-bond acceptors (Lipinski definition) is 4. The fraction of sp³-hybridized carbons (Fsp3) is 0.462. The van der Waals surface area contributed by atoms with Gasteiger partial charge in [-0.3, -0.25) is 9.59 Å². The van der Waals surface area contributed by atoms with Crippen molar-refractivity contribution < 1.29 is 14.3 Å². The summed E-state index contributed by atoms with van der Waals surface area (Å²) in [5.74, 6) is 1.95. The van der Waals surface area contributed by atoms with Crippen LogP contribution in [0.2, 0.25) is 0 Å². The summed E-state index contributed by atoms with van der Waals surface area (Å²) in [5.41, 5.74) is 2.88. The van der Waals surface area contributed by atoms with Gasteiger partial charge in [-0.05, 0) is 74.4 Å². The van der Waals surface area contributed by atoms with Gasteiger partial charge in [-0.25, -0.2) is 0 Å². The van der Waals surface area contributed by atoms with E-state index in [0.29, 0.717) is 18.4 Å². The van der Waals surface area contributed by atoms with E-state index in [4.69, 9.17) is 4.74 Å². The zero-order chi connectivity index (χ0) is 21.9. The largest absolute Gasteiger partial charge is 0.482 e. The standard InChI is InChI=1S/C26H31N3O3/c30-25-18-32-24-8-4-3-7-23(24)29(25)16-15-28-13-11-20(12-14-28)21-5-1-2-6-22(21)26(31)27-17-19-9-10-19/h1-8,19-20H,9-18H2,(H,27,31). The number of fused-ring (bicyclic) bond motifs is 1. The number of para-hydroxylation sites is 2. The molecule has 0 atom stereocenters. The van der Waals surface area contributed by atoms with Crippen LogP contribution < -0.4 is 15.0 Å². The molecule has 2 aromatic carbocycles. The van der Waals surface area contributed by atoms with Gasteiger partial charge in [-0.15, -0.1) is 0 Å². The van der Waals surface area contributed by atoms with Crippen molar-refractivity contribution >= 4 is 17.5 Å². The van der Waals surface area contributed by atoms with E-state index in [2.05, 4.69) is 16.3 Å². The van der Waals surface area contributed by atoms with Crippen LogP contribution >= 0.6 is 0 Å². The maximum absolute atomic E-state index is 12.7. The molecule has 1 N–H and O–H groups in total. The number of benzene rings is 2. The molecule has 0 spiro atoms. The molecule has 168 valence electrons. The van der Waals surface area contributed by atoms with Gasteiger partial charge in [0.15, 0.2) is 6.61 Å². The third-order valence-electron chi connectivity index (χ3n) is 6.93. The molecule has 6 heteroatoms.